The van der Waals surface area contributed by atoms with Crippen LogP contribution in [0.2, 0.25) is 0 Å². The summed E-state index contributed by atoms with van der Waals surface area (Å²) in [6, 6.07) is 17.6. The zero-order valence-electron chi connectivity index (χ0n) is 11.8. The molecule has 108 valence electrons. The van der Waals surface area contributed by atoms with Crippen LogP contribution in [-0.2, 0) is 6.54 Å². The number of aliphatic hydroxyl groups excluding tert-OH is 1. The molecule has 0 saturated carbocycles. The standard InChI is InChI=1S/C17H17BrN2O/c1-20(11-14-5-2-4-13(8-14)10-19)17(12-21)15-6-3-7-16(18)9-15/h2-9,17,21H,11-12H2,1H3. The molecule has 0 spiro atoms. The van der Waals surface area contributed by atoms with Crippen molar-refractivity contribution in [3.63, 3.8) is 0 Å². The zero-order valence-corrected chi connectivity index (χ0v) is 13.4. The Morgan fingerprint density at radius 3 is 2.67 bits per heavy atom. The molecule has 21 heavy (non-hydrogen) atoms. The SMILES string of the molecule is CN(Cc1cccc(C#N)c1)C(CO)c1cccc(Br)c1. The Kier molecular flexibility index (Phi) is 5.51. The lowest BCUT2D eigenvalue weighted by molar-refractivity contribution is 0.142. The van der Waals surface area contributed by atoms with Crippen molar-refractivity contribution < 1.29 is 5.11 Å². The predicted octanol–water partition coefficient (Wildman–Crippen LogP) is 3.49. The average molecular weight is 345 g/mol. The van der Waals surface area contributed by atoms with Crippen LogP contribution in [0.3, 0.4) is 0 Å². The first-order valence-electron chi connectivity index (χ1n) is 6.69. The molecule has 2 aromatic carbocycles. The maximum absolute atomic E-state index is 9.71. The first kappa shape index (κ1) is 15.7. The molecule has 0 amide bonds. The highest BCUT2D eigenvalue weighted by Crippen LogP contribution is 2.23. The Balaban J connectivity index is 2.17. The van der Waals surface area contributed by atoms with Gasteiger partial charge in [-0.15, -0.1) is 0 Å². The highest BCUT2D eigenvalue weighted by molar-refractivity contribution is 9.10. The third-order valence-corrected chi connectivity index (χ3v) is 3.92. The van der Waals surface area contributed by atoms with Crippen molar-refractivity contribution in [2.75, 3.05) is 13.7 Å². The molecule has 0 aromatic heterocycles. The number of hydrogen-bond donors (Lipinski definition) is 1. The van der Waals surface area contributed by atoms with E-state index in [4.69, 9.17) is 5.26 Å². The number of hydrogen-bond acceptors (Lipinski definition) is 3. The molecule has 0 aliphatic carbocycles. The van der Waals surface area contributed by atoms with E-state index in [-0.39, 0.29) is 12.6 Å². The van der Waals surface area contributed by atoms with Gasteiger partial charge in [0.2, 0.25) is 0 Å². The van der Waals surface area contributed by atoms with Crippen molar-refractivity contribution in [3.05, 3.63) is 69.7 Å². The molecule has 2 aromatic rings. The lowest BCUT2D eigenvalue weighted by atomic mass is 10.1. The summed E-state index contributed by atoms with van der Waals surface area (Å²) >= 11 is 3.46. The van der Waals surface area contributed by atoms with Crippen LogP contribution in [0.15, 0.2) is 53.0 Å². The van der Waals surface area contributed by atoms with E-state index in [1.807, 2.05) is 49.5 Å². The molecule has 0 heterocycles. The van der Waals surface area contributed by atoms with Crippen LogP contribution in [0.1, 0.15) is 22.7 Å². The van der Waals surface area contributed by atoms with E-state index in [0.29, 0.717) is 12.1 Å². The van der Waals surface area contributed by atoms with Crippen LogP contribution in [0.4, 0.5) is 0 Å². The highest BCUT2D eigenvalue weighted by atomic mass is 79.9. The Morgan fingerprint density at radius 1 is 1.24 bits per heavy atom. The van der Waals surface area contributed by atoms with Crippen LogP contribution in [0.25, 0.3) is 0 Å². The van der Waals surface area contributed by atoms with Crippen LogP contribution in [-0.4, -0.2) is 23.7 Å². The quantitative estimate of drug-likeness (QED) is 0.902. The number of rotatable bonds is 5. The first-order chi connectivity index (χ1) is 10.1. The molecule has 0 saturated heterocycles. The monoisotopic (exact) mass is 344 g/mol. The minimum Gasteiger partial charge on any atom is -0.394 e. The summed E-state index contributed by atoms with van der Waals surface area (Å²) in [5, 5.41) is 18.7. The second-order valence-electron chi connectivity index (χ2n) is 4.98. The Morgan fingerprint density at radius 2 is 2.00 bits per heavy atom. The van der Waals surface area contributed by atoms with E-state index in [9.17, 15) is 5.11 Å². The van der Waals surface area contributed by atoms with Gasteiger partial charge < -0.3 is 5.11 Å². The van der Waals surface area contributed by atoms with Gasteiger partial charge in [0.05, 0.1) is 24.3 Å². The molecule has 4 heteroatoms. The van der Waals surface area contributed by atoms with Gasteiger partial charge in [0, 0.05) is 11.0 Å². The summed E-state index contributed by atoms with van der Waals surface area (Å²) in [5.74, 6) is 0. The van der Waals surface area contributed by atoms with Crippen LogP contribution in [0, 0.1) is 11.3 Å². The Labute approximate surface area is 133 Å². The Bertz CT molecular complexity index is 651. The van der Waals surface area contributed by atoms with Gasteiger partial charge in [-0.1, -0.05) is 40.2 Å². The molecule has 0 bridgehead atoms. The molecule has 1 N–H and O–H groups in total. The van der Waals surface area contributed by atoms with Crippen molar-refractivity contribution in [1.29, 1.82) is 5.26 Å². The molecule has 0 aliphatic rings. The molecule has 0 radical (unpaired) electrons. The second-order valence-corrected chi connectivity index (χ2v) is 5.90. The lowest BCUT2D eigenvalue weighted by Crippen LogP contribution is -2.27. The van der Waals surface area contributed by atoms with Gasteiger partial charge in [-0.2, -0.15) is 5.26 Å². The summed E-state index contributed by atoms with van der Waals surface area (Å²) in [7, 11) is 1.97. The zero-order chi connectivity index (χ0) is 15.2. The predicted molar refractivity (Wildman–Crippen MR) is 86.6 cm³/mol. The molecule has 0 fully saturated rings. The molecular weight excluding hydrogens is 328 g/mol. The number of likely N-dealkylation sites (N-methyl/N-ethyl adjacent to an activating group) is 1. The Hall–Kier alpha value is -1.67. The third kappa shape index (κ3) is 4.15. The fraction of sp³-hybridized carbons (Fsp3) is 0.235. The number of nitrogens with zero attached hydrogens (tertiary/aromatic N) is 2. The summed E-state index contributed by atoms with van der Waals surface area (Å²) in [6.45, 7) is 0.720. The molecule has 3 nitrogen and oxygen atoms in total. The molecule has 0 aliphatic heterocycles. The summed E-state index contributed by atoms with van der Waals surface area (Å²) < 4.78 is 0.998. The largest absolute Gasteiger partial charge is 0.394 e. The van der Waals surface area contributed by atoms with Crippen molar-refractivity contribution >= 4 is 15.9 Å². The fourth-order valence-corrected chi connectivity index (χ4v) is 2.77. The van der Waals surface area contributed by atoms with Crippen molar-refractivity contribution in [2.24, 2.45) is 0 Å². The lowest BCUT2D eigenvalue weighted by Gasteiger charge is -2.27. The van der Waals surface area contributed by atoms with Crippen molar-refractivity contribution in [1.82, 2.24) is 4.90 Å². The smallest absolute Gasteiger partial charge is 0.0991 e. The van der Waals surface area contributed by atoms with Gasteiger partial charge in [-0.3, -0.25) is 4.90 Å². The van der Waals surface area contributed by atoms with E-state index in [0.717, 1.165) is 15.6 Å². The number of benzene rings is 2. The fourth-order valence-electron chi connectivity index (χ4n) is 2.35. The summed E-state index contributed by atoms with van der Waals surface area (Å²) in [6.07, 6.45) is 0. The summed E-state index contributed by atoms with van der Waals surface area (Å²) in [5.41, 5.74) is 2.78. The highest BCUT2D eigenvalue weighted by Gasteiger charge is 2.16. The molecule has 1 unspecified atom stereocenters. The minimum absolute atomic E-state index is 0.0465. The van der Waals surface area contributed by atoms with Crippen LogP contribution >= 0.6 is 15.9 Å². The van der Waals surface area contributed by atoms with Crippen molar-refractivity contribution in [3.8, 4) is 6.07 Å². The topological polar surface area (TPSA) is 47.3 Å². The van der Waals surface area contributed by atoms with E-state index < -0.39 is 0 Å². The maximum Gasteiger partial charge on any atom is 0.0991 e. The van der Waals surface area contributed by atoms with Gasteiger partial charge >= 0.3 is 0 Å². The number of halogens is 1. The van der Waals surface area contributed by atoms with Crippen molar-refractivity contribution in [2.45, 2.75) is 12.6 Å². The van der Waals surface area contributed by atoms with Gasteiger partial charge in [0.15, 0.2) is 0 Å². The third-order valence-electron chi connectivity index (χ3n) is 3.43. The van der Waals surface area contributed by atoms with Gasteiger partial charge in [-0.25, -0.2) is 0 Å². The van der Waals surface area contributed by atoms with E-state index >= 15 is 0 Å². The van der Waals surface area contributed by atoms with E-state index in [1.165, 1.54) is 0 Å². The van der Waals surface area contributed by atoms with Gasteiger partial charge in [0.1, 0.15) is 0 Å². The molecule has 1 atom stereocenters. The maximum atomic E-state index is 9.71. The molecule has 2 rings (SSSR count). The van der Waals surface area contributed by atoms with Crippen LogP contribution in [0.5, 0.6) is 0 Å². The average Bonchev–Trinajstić information content (AvgIpc) is 2.48. The van der Waals surface area contributed by atoms with Gasteiger partial charge in [-0.05, 0) is 42.4 Å². The second kappa shape index (κ2) is 7.37. The van der Waals surface area contributed by atoms with E-state index in [2.05, 4.69) is 26.9 Å². The first-order valence-corrected chi connectivity index (χ1v) is 7.49. The van der Waals surface area contributed by atoms with Crippen LogP contribution < -0.4 is 0 Å². The molecular formula is C17H17BrN2O. The van der Waals surface area contributed by atoms with Gasteiger partial charge in [0.25, 0.3) is 0 Å². The minimum atomic E-state index is -0.0757. The number of aliphatic hydroxyl groups is 1. The normalized spacial score (nSPS) is 12.1. The number of nitriles is 1. The van der Waals surface area contributed by atoms with E-state index in [1.54, 1.807) is 6.07 Å². The summed E-state index contributed by atoms with van der Waals surface area (Å²) in [4.78, 5) is 2.08.